The molecule has 2 fully saturated rings. The van der Waals surface area contributed by atoms with Crippen molar-refractivity contribution in [2.24, 2.45) is 11.8 Å². The highest BCUT2D eigenvalue weighted by Crippen LogP contribution is 2.35. The van der Waals surface area contributed by atoms with Gasteiger partial charge in [0.25, 0.3) is 5.91 Å². The van der Waals surface area contributed by atoms with Gasteiger partial charge >= 0.3 is 0 Å². The molecule has 2 heterocycles. The molecule has 1 aliphatic heterocycles. The van der Waals surface area contributed by atoms with Crippen molar-refractivity contribution >= 4 is 17.5 Å². The van der Waals surface area contributed by atoms with E-state index >= 15 is 0 Å². The average Bonchev–Trinajstić information content (AvgIpc) is 2.75. The minimum atomic E-state index is -0.381. The summed E-state index contributed by atoms with van der Waals surface area (Å²) in [7, 11) is 0. The highest BCUT2D eigenvalue weighted by Gasteiger charge is 2.37. The number of anilines is 1. The Morgan fingerprint density at radius 1 is 1.15 bits per heavy atom. The van der Waals surface area contributed by atoms with E-state index in [0.29, 0.717) is 30.3 Å². The molecule has 1 atom stereocenters. The number of piperazine rings is 1. The van der Waals surface area contributed by atoms with Gasteiger partial charge in [0.2, 0.25) is 5.91 Å². The van der Waals surface area contributed by atoms with Crippen molar-refractivity contribution in [1.29, 1.82) is 0 Å². The maximum absolute atomic E-state index is 14.4. The van der Waals surface area contributed by atoms with Gasteiger partial charge in [0.15, 0.2) is 0 Å². The van der Waals surface area contributed by atoms with Gasteiger partial charge in [-0.3, -0.25) is 19.5 Å². The first kappa shape index (κ1) is 23.4. The zero-order chi connectivity index (χ0) is 23.7. The van der Waals surface area contributed by atoms with E-state index in [-0.39, 0.29) is 29.6 Å². The maximum Gasteiger partial charge on any atom is 0.257 e. The van der Waals surface area contributed by atoms with E-state index in [1.807, 2.05) is 18.7 Å². The number of amides is 2. The third-order valence-electron chi connectivity index (χ3n) is 7.01. The largest absolute Gasteiger partial charge is 0.337 e. The Morgan fingerprint density at radius 3 is 2.55 bits per heavy atom. The lowest BCUT2D eigenvalue weighted by Crippen LogP contribution is -2.56. The molecular formula is C26H33FN4O2. The highest BCUT2D eigenvalue weighted by molar-refractivity contribution is 6.04. The van der Waals surface area contributed by atoms with Crippen molar-refractivity contribution in [2.45, 2.75) is 53.1 Å². The number of carbonyl (C=O) groups is 2. The predicted molar refractivity (Wildman–Crippen MR) is 126 cm³/mol. The molecule has 2 amide bonds. The number of pyridine rings is 1. The molecule has 1 N–H and O–H groups in total. The van der Waals surface area contributed by atoms with Gasteiger partial charge in [-0.2, -0.15) is 0 Å². The minimum absolute atomic E-state index is 0.129. The van der Waals surface area contributed by atoms with Crippen molar-refractivity contribution in [2.75, 3.05) is 25.0 Å². The van der Waals surface area contributed by atoms with Gasteiger partial charge in [-0.25, -0.2) is 4.39 Å². The number of carbonyl (C=O) groups excluding carboxylic acids is 2. The van der Waals surface area contributed by atoms with E-state index < -0.39 is 0 Å². The fraction of sp³-hybridized carbons (Fsp3) is 0.500. The average molecular weight is 453 g/mol. The van der Waals surface area contributed by atoms with Crippen LogP contribution in [-0.4, -0.2) is 52.3 Å². The Hall–Kier alpha value is -2.80. The molecular weight excluding hydrogens is 419 g/mol. The molecule has 6 nitrogen and oxygen atoms in total. The van der Waals surface area contributed by atoms with E-state index in [4.69, 9.17) is 0 Å². The zero-order valence-electron chi connectivity index (χ0n) is 19.9. The molecule has 0 bridgehead atoms. The summed E-state index contributed by atoms with van der Waals surface area (Å²) in [5, 5.41) is 2.83. The molecule has 2 aromatic rings. The molecule has 4 rings (SSSR count). The third-order valence-corrected chi connectivity index (χ3v) is 7.01. The van der Waals surface area contributed by atoms with Crippen LogP contribution in [0.2, 0.25) is 0 Å². The van der Waals surface area contributed by atoms with Crippen LogP contribution in [0.25, 0.3) is 0 Å². The van der Waals surface area contributed by atoms with Crippen LogP contribution in [0.15, 0.2) is 30.5 Å². The number of hydrogen-bond acceptors (Lipinski definition) is 4. The van der Waals surface area contributed by atoms with Gasteiger partial charge in [-0.1, -0.05) is 6.92 Å². The molecule has 0 unspecified atom stereocenters. The van der Waals surface area contributed by atoms with E-state index in [1.54, 1.807) is 12.1 Å². The molecule has 1 aliphatic carbocycles. The van der Waals surface area contributed by atoms with E-state index in [1.165, 1.54) is 18.3 Å². The van der Waals surface area contributed by atoms with Crippen LogP contribution >= 0.6 is 0 Å². The van der Waals surface area contributed by atoms with E-state index in [9.17, 15) is 14.0 Å². The van der Waals surface area contributed by atoms with Gasteiger partial charge in [0, 0.05) is 55.7 Å². The van der Waals surface area contributed by atoms with Crippen LogP contribution in [0.5, 0.6) is 0 Å². The van der Waals surface area contributed by atoms with Gasteiger partial charge in [-0.05, 0) is 74.9 Å². The number of hydrogen-bond donors (Lipinski definition) is 1. The SMILES string of the molecule is Cc1ccc(C(=O)Nc2cc(F)cc(CN3CCN(C(=O)[C@H]4C[C@@H](C)C4)[C@@H](C)C3)c2C)cn1. The second-order valence-corrected chi connectivity index (χ2v) is 9.77. The van der Waals surface area contributed by atoms with Gasteiger partial charge in [0.05, 0.1) is 5.56 Å². The van der Waals surface area contributed by atoms with Crippen molar-refractivity contribution in [1.82, 2.24) is 14.8 Å². The van der Waals surface area contributed by atoms with Crippen LogP contribution in [0.4, 0.5) is 10.1 Å². The van der Waals surface area contributed by atoms with E-state index in [0.717, 1.165) is 42.8 Å². The first-order valence-electron chi connectivity index (χ1n) is 11.8. The Kier molecular flexibility index (Phi) is 6.79. The fourth-order valence-electron chi connectivity index (χ4n) is 4.91. The van der Waals surface area contributed by atoms with Crippen LogP contribution < -0.4 is 5.32 Å². The smallest absolute Gasteiger partial charge is 0.257 e. The second-order valence-electron chi connectivity index (χ2n) is 9.77. The van der Waals surface area contributed by atoms with Crippen LogP contribution in [0.1, 0.15) is 53.9 Å². The summed E-state index contributed by atoms with van der Waals surface area (Å²) in [6, 6.07) is 6.51. The molecule has 176 valence electrons. The quantitative estimate of drug-likeness (QED) is 0.740. The molecule has 2 aliphatic rings. The molecule has 1 aromatic carbocycles. The number of aryl methyl sites for hydroxylation is 1. The highest BCUT2D eigenvalue weighted by atomic mass is 19.1. The number of nitrogens with one attached hydrogen (secondary N) is 1. The van der Waals surface area contributed by atoms with Gasteiger partial charge in [-0.15, -0.1) is 0 Å². The fourth-order valence-corrected chi connectivity index (χ4v) is 4.91. The summed E-state index contributed by atoms with van der Waals surface area (Å²) >= 11 is 0. The van der Waals surface area contributed by atoms with Crippen molar-refractivity contribution < 1.29 is 14.0 Å². The number of benzene rings is 1. The maximum atomic E-state index is 14.4. The Morgan fingerprint density at radius 2 is 1.91 bits per heavy atom. The topological polar surface area (TPSA) is 65.5 Å². The first-order valence-corrected chi connectivity index (χ1v) is 11.8. The van der Waals surface area contributed by atoms with Crippen molar-refractivity contribution in [3.05, 3.63) is 58.7 Å². The number of aromatic nitrogens is 1. The van der Waals surface area contributed by atoms with Crippen LogP contribution in [-0.2, 0) is 11.3 Å². The molecule has 1 saturated carbocycles. The third kappa shape index (κ3) is 5.24. The molecule has 0 radical (unpaired) electrons. The summed E-state index contributed by atoms with van der Waals surface area (Å²) in [6.45, 7) is 10.8. The Balaban J connectivity index is 1.41. The monoisotopic (exact) mass is 452 g/mol. The number of rotatable bonds is 5. The first-order chi connectivity index (χ1) is 15.7. The molecule has 33 heavy (non-hydrogen) atoms. The lowest BCUT2D eigenvalue weighted by Gasteiger charge is -2.44. The summed E-state index contributed by atoms with van der Waals surface area (Å²) in [4.78, 5) is 33.8. The lowest BCUT2D eigenvalue weighted by molar-refractivity contribution is -0.144. The molecule has 1 aromatic heterocycles. The summed E-state index contributed by atoms with van der Waals surface area (Å²) in [6.07, 6.45) is 3.52. The standard InChI is InChI=1S/C26H33FN4O2/c1-16-9-21(10-16)26(33)31-8-7-30(14-18(31)3)15-22-11-23(27)12-24(19(22)4)29-25(32)20-6-5-17(2)28-13-20/h5-6,11-13,16,18,21H,7-10,14-15H2,1-4H3,(H,29,32)/t16-,18-,21+/m0/s1. The van der Waals surface area contributed by atoms with E-state index in [2.05, 4.69) is 29.0 Å². The minimum Gasteiger partial charge on any atom is -0.337 e. The van der Waals surface area contributed by atoms with Crippen molar-refractivity contribution in [3.63, 3.8) is 0 Å². The normalized spacial score (nSPS) is 23.2. The zero-order valence-corrected chi connectivity index (χ0v) is 19.9. The summed E-state index contributed by atoms with van der Waals surface area (Å²) < 4.78 is 14.4. The lowest BCUT2D eigenvalue weighted by atomic mass is 9.75. The van der Waals surface area contributed by atoms with Crippen molar-refractivity contribution in [3.8, 4) is 0 Å². The second kappa shape index (κ2) is 9.59. The summed E-state index contributed by atoms with van der Waals surface area (Å²) in [5.74, 6) is 0.442. The number of halogens is 1. The predicted octanol–water partition coefficient (Wildman–Crippen LogP) is 4.17. The van der Waals surface area contributed by atoms with Crippen LogP contribution in [0, 0.1) is 31.5 Å². The van der Waals surface area contributed by atoms with Crippen LogP contribution in [0.3, 0.4) is 0 Å². The molecule has 0 spiro atoms. The van der Waals surface area contributed by atoms with Gasteiger partial charge < -0.3 is 10.2 Å². The Labute approximate surface area is 195 Å². The summed E-state index contributed by atoms with van der Waals surface area (Å²) in [5.41, 5.74) is 3.42. The Bertz CT molecular complexity index is 1030. The molecule has 7 heteroatoms. The molecule has 1 saturated heterocycles. The van der Waals surface area contributed by atoms with Gasteiger partial charge in [0.1, 0.15) is 5.82 Å². The number of nitrogens with zero attached hydrogens (tertiary/aromatic N) is 3.